The van der Waals surface area contributed by atoms with E-state index in [1.165, 1.54) is 4.90 Å². The van der Waals surface area contributed by atoms with E-state index in [1.54, 1.807) is 11.8 Å². The van der Waals surface area contributed by atoms with Crippen molar-refractivity contribution in [3.05, 3.63) is 22.7 Å². The lowest BCUT2D eigenvalue weighted by atomic mass is 10.3. The molecule has 0 aromatic heterocycles. The van der Waals surface area contributed by atoms with Crippen LogP contribution < -0.4 is 5.73 Å². The second-order valence-corrected chi connectivity index (χ2v) is 4.31. The second-order valence-electron chi connectivity index (χ2n) is 2.12. The third-order valence-corrected chi connectivity index (χ3v) is 2.88. The molecule has 11 heavy (non-hydrogen) atoms. The minimum Gasteiger partial charge on any atom is -0.398 e. The van der Waals surface area contributed by atoms with Crippen molar-refractivity contribution in [2.45, 2.75) is 11.8 Å². The number of benzene rings is 1. The number of hydrogen-bond donors (Lipinski definition) is 1. The lowest BCUT2D eigenvalue weighted by Crippen LogP contribution is -1.86. The zero-order chi connectivity index (χ0) is 8.27. The number of anilines is 1. The molecule has 1 nitrogen and oxygen atoms in total. The van der Waals surface area contributed by atoms with Gasteiger partial charge in [0, 0.05) is 15.1 Å². The zero-order valence-corrected chi connectivity index (χ0v) is 8.71. The lowest BCUT2D eigenvalue weighted by Gasteiger charge is -2.01. The third-order valence-electron chi connectivity index (χ3n) is 1.28. The van der Waals surface area contributed by atoms with Gasteiger partial charge in [-0.2, -0.15) is 0 Å². The molecular weight excluding hydrogens is 222 g/mol. The highest BCUT2D eigenvalue weighted by atomic mass is 79.9. The highest BCUT2D eigenvalue weighted by Gasteiger charge is 1.96. The van der Waals surface area contributed by atoms with E-state index in [2.05, 4.69) is 28.9 Å². The van der Waals surface area contributed by atoms with Gasteiger partial charge in [-0.15, -0.1) is 11.8 Å². The molecule has 0 radical (unpaired) electrons. The van der Waals surface area contributed by atoms with Crippen molar-refractivity contribution in [1.82, 2.24) is 0 Å². The first-order chi connectivity index (χ1) is 5.24. The summed E-state index contributed by atoms with van der Waals surface area (Å²) in [5.74, 6) is 1.08. The zero-order valence-electron chi connectivity index (χ0n) is 6.30. The van der Waals surface area contributed by atoms with Gasteiger partial charge in [0.1, 0.15) is 0 Å². The summed E-state index contributed by atoms with van der Waals surface area (Å²) in [7, 11) is 0. The Labute approximate surface area is 79.5 Å². The average molecular weight is 232 g/mol. The summed E-state index contributed by atoms with van der Waals surface area (Å²) >= 11 is 5.14. The summed E-state index contributed by atoms with van der Waals surface area (Å²) in [4.78, 5) is 1.23. The van der Waals surface area contributed by atoms with E-state index < -0.39 is 0 Å². The molecule has 0 unspecified atom stereocenters. The van der Waals surface area contributed by atoms with Gasteiger partial charge in [-0.3, -0.25) is 0 Å². The topological polar surface area (TPSA) is 26.0 Å². The highest BCUT2D eigenvalue weighted by molar-refractivity contribution is 9.10. The van der Waals surface area contributed by atoms with Crippen LogP contribution in [0.2, 0.25) is 0 Å². The maximum absolute atomic E-state index is 5.69. The molecule has 0 aliphatic heterocycles. The summed E-state index contributed by atoms with van der Waals surface area (Å²) in [5, 5.41) is 0. The van der Waals surface area contributed by atoms with E-state index in [9.17, 15) is 0 Å². The molecule has 0 heterocycles. The fraction of sp³-hybridized carbons (Fsp3) is 0.250. The van der Waals surface area contributed by atoms with Crippen LogP contribution in [-0.2, 0) is 0 Å². The molecular formula is C8H10BrNS. The molecule has 0 amide bonds. The first kappa shape index (κ1) is 8.94. The molecule has 1 rings (SSSR count). The summed E-state index contributed by atoms with van der Waals surface area (Å²) in [6, 6.07) is 6.03. The van der Waals surface area contributed by atoms with Crippen molar-refractivity contribution in [2.24, 2.45) is 0 Å². The fourth-order valence-electron chi connectivity index (χ4n) is 0.778. The number of halogens is 1. The number of nitrogen functional groups attached to an aromatic ring is 1. The van der Waals surface area contributed by atoms with Crippen LogP contribution in [0, 0.1) is 0 Å². The van der Waals surface area contributed by atoms with E-state index in [1.807, 2.05) is 12.1 Å². The van der Waals surface area contributed by atoms with Crippen molar-refractivity contribution < 1.29 is 0 Å². The SMILES string of the molecule is CCSc1ccc(Br)c(N)c1. The Morgan fingerprint density at radius 2 is 2.27 bits per heavy atom. The Morgan fingerprint density at radius 3 is 2.82 bits per heavy atom. The van der Waals surface area contributed by atoms with Crippen LogP contribution in [0.4, 0.5) is 5.69 Å². The van der Waals surface area contributed by atoms with Gasteiger partial charge in [-0.05, 0) is 39.9 Å². The fourth-order valence-corrected chi connectivity index (χ4v) is 1.73. The summed E-state index contributed by atoms with van der Waals surface area (Å²) in [6.07, 6.45) is 0. The van der Waals surface area contributed by atoms with Gasteiger partial charge in [0.15, 0.2) is 0 Å². The van der Waals surface area contributed by atoms with Crippen LogP contribution in [0.5, 0.6) is 0 Å². The van der Waals surface area contributed by atoms with Gasteiger partial charge in [-0.1, -0.05) is 6.92 Å². The molecule has 0 aliphatic carbocycles. The number of rotatable bonds is 2. The van der Waals surface area contributed by atoms with Gasteiger partial charge in [0.25, 0.3) is 0 Å². The Kier molecular flexibility index (Phi) is 3.27. The van der Waals surface area contributed by atoms with E-state index >= 15 is 0 Å². The molecule has 1 aromatic rings. The summed E-state index contributed by atoms with van der Waals surface area (Å²) < 4.78 is 0.970. The van der Waals surface area contributed by atoms with Crippen LogP contribution in [-0.4, -0.2) is 5.75 Å². The Hall–Kier alpha value is -0.150. The predicted molar refractivity (Wildman–Crippen MR) is 55.0 cm³/mol. The van der Waals surface area contributed by atoms with Crippen molar-refractivity contribution in [2.75, 3.05) is 11.5 Å². The number of hydrogen-bond acceptors (Lipinski definition) is 2. The Morgan fingerprint density at radius 1 is 1.55 bits per heavy atom. The molecule has 0 saturated heterocycles. The Bertz CT molecular complexity index is 250. The van der Waals surface area contributed by atoms with Crippen LogP contribution >= 0.6 is 27.7 Å². The average Bonchev–Trinajstić information content (AvgIpc) is 1.98. The monoisotopic (exact) mass is 231 g/mol. The molecule has 3 heteroatoms. The standard InChI is InChI=1S/C8H10BrNS/c1-2-11-6-3-4-7(9)8(10)5-6/h3-5H,2,10H2,1H3. The van der Waals surface area contributed by atoms with Gasteiger partial charge in [0.2, 0.25) is 0 Å². The van der Waals surface area contributed by atoms with Gasteiger partial charge >= 0.3 is 0 Å². The van der Waals surface area contributed by atoms with Crippen molar-refractivity contribution in [3.63, 3.8) is 0 Å². The largest absolute Gasteiger partial charge is 0.398 e. The van der Waals surface area contributed by atoms with Crippen LogP contribution in [0.1, 0.15) is 6.92 Å². The Balaban J connectivity index is 2.86. The molecule has 0 aliphatic rings. The summed E-state index contributed by atoms with van der Waals surface area (Å²) in [5.41, 5.74) is 6.50. The third kappa shape index (κ3) is 2.42. The normalized spacial score (nSPS) is 10.0. The van der Waals surface area contributed by atoms with Gasteiger partial charge in [0.05, 0.1) is 0 Å². The number of thioether (sulfide) groups is 1. The van der Waals surface area contributed by atoms with Gasteiger partial charge in [-0.25, -0.2) is 0 Å². The lowest BCUT2D eigenvalue weighted by molar-refractivity contribution is 1.42. The molecule has 60 valence electrons. The quantitative estimate of drug-likeness (QED) is 0.626. The molecule has 0 saturated carbocycles. The first-order valence-corrected chi connectivity index (χ1v) is 5.19. The van der Waals surface area contributed by atoms with E-state index in [0.717, 1.165) is 15.9 Å². The molecule has 0 spiro atoms. The van der Waals surface area contributed by atoms with E-state index in [0.29, 0.717) is 0 Å². The summed E-state index contributed by atoms with van der Waals surface area (Å²) in [6.45, 7) is 2.13. The molecule has 2 N–H and O–H groups in total. The molecule has 1 aromatic carbocycles. The van der Waals surface area contributed by atoms with Crippen molar-refractivity contribution >= 4 is 33.4 Å². The van der Waals surface area contributed by atoms with E-state index in [4.69, 9.17) is 5.73 Å². The predicted octanol–water partition coefficient (Wildman–Crippen LogP) is 3.14. The molecule has 0 bridgehead atoms. The molecule has 0 fully saturated rings. The smallest absolute Gasteiger partial charge is 0.0469 e. The van der Waals surface area contributed by atoms with Crippen LogP contribution in [0.25, 0.3) is 0 Å². The van der Waals surface area contributed by atoms with Crippen molar-refractivity contribution in [3.8, 4) is 0 Å². The minimum absolute atomic E-state index is 0.809. The minimum atomic E-state index is 0.809. The van der Waals surface area contributed by atoms with E-state index in [-0.39, 0.29) is 0 Å². The number of nitrogens with two attached hydrogens (primary N) is 1. The second kappa shape index (κ2) is 4.02. The maximum atomic E-state index is 5.69. The maximum Gasteiger partial charge on any atom is 0.0469 e. The first-order valence-electron chi connectivity index (χ1n) is 3.42. The van der Waals surface area contributed by atoms with Crippen LogP contribution in [0.15, 0.2) is 27.6 Å². The van der Waals surface area contributed by atoms with Crippen LogP contribution in [0.3, 0.4) is 0 Å². The highest BCUT2D eigenvalue weighted by Crippen LogP contribution is 2.25. The van der Waals surface area contributed by atoms with Gasteiger partial charge < -0.3 is 5.73 Å². The molecule has 0 atom stereocenters. The van der Waals surface area contributed by atoms with Crippen molar-refractivity contribution in [1.29, 1.82) is 0 Å².